The molecular weight excluding hydrogens is 202 g/mol. The lowest BCUT2D eigenvalue weighted by Gasteiger charge is -2.19. The van der Waals surface area contributed by atoms with Gasteiger partial charge in [-0.25, -0.2) is 0 Å². The molecule has 2 unspecified atom stereocenters. The average Bonchev–Trinajstić information content (AvgIpc) is 2.23. The molecule has 3 nitrogen and oxygen atoms in total. The summed E-state index contributed by atoms with van der Waals surface area (Å²) in [4.78, 5) is 10.9. The zero-order valence-electron chi connectivity index (χ0n) is 11.0. The number of aliphatic carboxylic acids is 1. The van der Waals surface area contributed by atoms with Gasteiger partial charge < -0.3 is 10.4 Å². The van der Waals surface area contributed by atoms with E-state index in [4.69, 9.17) is 5.11 Å². The minimum absolute atomic E-state index is 0.310. The number of nitrogens with one attached hydrogen (secondary N) is 1. The minimum atomic E-state index is -0.720. The van der Waals surface area contributed by atoms with E-state index < -0.39 is 5.97 Å². The van der Waals surface area contributed by atoms with Crippen molar-refractivity contribution in [3.63, 3.8) is 0 Å². The van der Waals surface area contributed by atoms with E-state index in [9.17, 15) is 4.79 Å². The molecule has 0 rings (SSSR count). The molecule has 0 aliphatic heterocycles. The fourth-order valence-corrected chi connectivity index (χ4v) is 1.87. The van der Waals surface area contributed by atoms with Crippen LogP contribution in [0.4, 0.5) is 0 Å². The SMILES string of the molecule is CCCCCCC(C)NC(CCC)C(=O)O. The van der Waals surface area contributed by atoms with Gasteiger partial charge in [-0.15, -0.1) is 0 Å². The Hall–Kier alpha value is -0.570. The first-order valence-corrected chi connectivity index (χ1v) is 6.60. The molecule has 0 amide bonds. The molecule has 96 valence electrons. The number of unbranched alkanes of at least 4 members (excludes halogenated alkanes) is 3. The van der Waals surface area contributed by atoms with Gasteiger partial charge >= 0.3 is 5.97 Å². The number of hydrogen-bond acceptors (Lipinski definition) is 2. The van der Waals surface area contributed by atoms with Gasteiger partial charge in [0.2, 0.25) is 0 Å². The van der Waals surface area contributed by atoms with Crippen LogP contribution >= 0.6 is 0 Å². The van der Waals surface area contributed by atoms with E-state index in [2.05, 4.69) is 19.2 Å². The summed E-state index contributed by atoms with van der Waals surface area (Å²) in [5, 5.41) is 12.2. The van der Waals surface area contributed by atoms with Gasteiger partial charge in [0.25, 0.3) is 0 Å². The number of rotatable bonds is 10. The normalized spacial score (nSPS) is 14.7. The van der Waals surface area contributed by atoms with Crippen LogP contribution in [0.15, 0.2) is 0 Å². The molecule has 0 bridgehead atoms. The quantitative estimate of drug-likeness (QED) is 0.566. The number of carbonyl (C=O) groups is 1. The van der Waals surface area contributed by atoms with Crippen LogP contribution in [0.3, 0.4) is 0 Å². The van der Waals surface area contributed by atoms with Crippen LogP contribution in [-0.4, -0.2) is 23.2 Å². The van der Waals surface area contributed by atoms with Gasteiger partial charge in [-0.3, -0.25) is 4.79 Å². The number of hydrogen-bond donors (Lipinski definition) is 2. The maximum Gasteiger partial charge on any atom is 0.320 e. The zero-order chi connectivity index (χ0) is 12.4. The van der Waals surface area contributed by atoms with Crippen molar-refractivity contribution < 1.29 is 9.90 Å². The van der Waals surface area contributed by atoms with Crippen LogP contribution in [0.5, 0.6) is 0 Å². The van der Waals surface area contributed by atoms with Gasteiger partial charge in [0.15, 0.2) is 0 Å². The first kappa shape index (κ1) is 15.4. The Morgan fingerprint density at radius 3 is 2.31 bits per heavy atom. The van der Waals surface area contributed by atoms with Crippen LogP contribution in [0.1, 0.15) is 65.7 Å². The predicted molar refractivity (Wildman–Crippen MR) is 67.7 cm³/mol. The van der Waals surface area contributed by atoms with Crippen molar-refractivity contribution in [2.24, 2.45) is 0 Å². The van der Waals surface area contributed by atoms with Gasteiger partial charge in [0.05, 0.1) is 0 Å². The van der Waals surface area contributed by atoms with Crippen molar-refractivity contribution in [2.45, 2.75) is 77.8 Å². The molecule has 0 fully saturated rings. The molecule has 0 aromatic carbocycles. The molecule has 0 spiro atoms. The summed E-state index contributed by atoms with van der Waals surface area (Å²) in [5.74, 6) is -0.720. The van der Waals surface area contributed by atoms with Crippen molar-refractivity contribution in [2.75, 3.05) is 0 Å². The van der Waals surface area contributed by atoms with Crippen molar-refractivity contribution >= 4 is 5.97 Å². The van der Waals surface area contributed by atoms with E-state index in [0.717, 1.165) is 12.8 Å². The molecular formula is C13H27NO2. The summed E-state index contributed by atoms with van der Waals surface area (Å²) in [6.45, 7) is 6.30. The minimum Gasteiger partial charge on any atom is -0.480 e. The third-order valence-corrected chi connectivity index (χ3v) is 2.85. The summed E-state index contributed by atoms with van der Waals surface area (Å²) >= 11 is 0. The number of carboxylic acids is 1. The predicted octanol–water partition coefficient (Wildman–Crippen LogP) is 3.19. The monoisotopic (exact) mass is 229 g/mol. The Morgan fingerprint density at radius 2 is 1.81 bits per heavy atom. The third kappa shape index (κ3) is 7.69. The molecule has 0 aromatic heterocycles. The Labute approximate surface area is 99.6 Å². The standard InChI is InChI=1S/C13H27NO2/c1-4-6-7-8-10-11(3)14-12(9-5-2)13(15)16/h11-12,14H,4-10H2,1-3H3,(H,15,16). The van der Waals surface area contributed by atoms with Crippen LogP contribution in [0, 0.1) is 0 Å². The highest BCUT2D eigenvalue weighted by atomic mass is 16.4. The number of carboxylic acid groups (broad SMARTS) is 1. The highest BCUT2D eigenvalue weighted by Crippen LogP contribution is 2.07. The van der Waals surface area contributed by atoms with Crippen LogP contribution in [0.2, 0.25) is 0 Å². The van der Waals surface area contributed by atoms with Gasteiger partial charge in [0, 0.05) is 6.04 Å². The van der Waals surface area contributed by atoms with Gasteiger partial charge in [-0.05, 0) is 19.8 Å². The molecule has 0 aliphatic rings. The topological polar surface area (TPSA) is 49.3 Å². The van der Waals surface area contributed by atoms with E-state index in [1.54, 1.807) is 0 Å². The van der Waals surface area contributed by atoms with E-state index in [1.807, 2.05) is 6.92 Å². The molecule has 16 heavy (non-hydrogen) atoms. The lowest BCUT2D eigenvalue weighted by molar-refractivity contribution is -0.139. The van der Waals surface area contributed by atoms with E-state index in [1.165, 1.54) is 25.7 Å². The molecule has 0 radical (unpaired) electrons. The second kappa shape index (κ2) is 9.64. The Bertz CT molecular complexity index is 183. The van der Waals surface area contributed by atoms with E-state index >= 15 is 0 Å². The van der Waals surface area contributed by atoms with Gasteiger partial charge in [-0.2, -0.15) is 0 Å². The molecule has 0 aliphatic carbocycles. The summed E-state index contributed by atoms with van der Waals surface area (Å²) in [5.41, 5.74) is 0. The fourth-order valence-electron chi connectivity index (χ4n) is 1.87. The summed E-state index contributed by atoms with van der Waals surface area (Å²) in [6, 6.07) is -0.0596. The molecule has 0 saturated heterocycles. The van der Waals surface area contributed by atoms with Crippen molar-refractivity contribution in [3.05, 3.63) is 0 Å². The zero-order valence-corrected chi connectivity index (χ0v) is 11.0. The Balaban J connectivity index is 3.72. The summed E-state index contributed by atoms with van der Waals surface area (Å²) in [6.07, 6.45) is 7.68. The average molecular weight is 229 g/mol. The van der Waals surface area contributed by atoms with Crippen molar-refractivity contribution in [1.29, 1.82) is 0 Å². The maximum absolute atomic E-state index is 10.9. The largest absolute Gasteiger partial charge is 0.480 e. The highest BCUT2D eigenvalue weighted by molar-refractivity contribution is 5.73. The lowest BCUT2D eigenvalue weighted by atomic mass is 10.1. The maximum atomic E-state index is 10.9. The van der Waals surface area contributed by atoms with Gasteiger partial charge in [-0.1, -0.05) is 46.0 Å². The van der Waals surface area contributed by atoms with Crippen molar-refractivity contribution in [3.8, 4) is 0 Å². The van der Waals surface area contributed by atoms with Crippen LogP contribution in [-0.2, 0) is 4.79 Å². The molecule has 0 aromatic rings. The molecule has 2 N–H and O–H groups in total. The van der Waals surface area contributed by atoms with Crippen LogP contribution < -0.4 is 5.32 Å². The third-order valence-electron chi connectivity index (χ3n) is 2.85. The first-order chi connectivity index (χ1) is 7.61. The fraction of sp³-hybridized carbons (Fsp3) is 0.923. The van der Waals surface area contributed by atoms with Gasteiger partial charge in [0.1, 0.15) is 6.04 Å². The molecule has 3 heteroatoms. The van der Waals surface area contributed by atoms with Crippen LogP contribution in [0.25, 0.3) is 0 Å². The summed E-state index contributed by atoms with van der Waals surface area (Å²) in [7, 11) is 0. The molecule has 0 saturated carbocycles. The lowest BCUT2D eigenvalue weighted by Crippen LogP contribution is -2.41. The second-order valence-electron chi connectivity index (χ2n) is 4.60. The first-order valence-electron chi connectivity index (χ1n) is 6.60. The van der Waals surface area contributed by atoms with E-state index in [-0.39, 0.29) is 6.04 Å². The van der Waals surface area contributed by atoms with E-state index in [0.29, 0.717) is 12.5 Å². The second-order valence-corrected chi connectivity index (χ2v) is 4.60. The summed E-state index contributed by atoms with van der Waals surface area (Å²) < 4.78 is 0. The smallest absolute Gasteiger partial charge is 0.320 e. The molecule has 0 heterocycles. The Kier molecular flexibility index (Phi) is 9.30. The Morgan fingerprint density at radius 1 is 1.12 bits per heavy atom. The molecule has 2 atom stereocenters. The van der Waals surface area contributed by atoms with Crippen molar-refractivity contribution in [1.82, 2.24) is 5.32 Å². The highest BCUT2D eigenvalue weighted by Gasteiger charge is 2.17.